The van der Waals surface area contributed by atoms with Crippen LogP contribution in [0.5, 0.6) is 5.75 Å². The summed E-state index contributed by atoms with van der Waals surface area (Å²) in [7, 11) is 0. The summed E-state index contributed by atoms with van der Waals surface area (Å²) in [6, 6.07) is 6.88. The lowest BCUT2D eigenvalue weighted by Crippen LogP contribution is -2.19. The highest BCUT2D eigenvalue weighted by Gasteiger charge is 2.27. The number of rotatable bonds is 1. The van der Waals surface area contributed by atoms with Crippen molar-refractivity contribution >= 4 is 5.82 Å². The SMILES string of the molecule is CC1Oc2cc(cnc2N)-c2c(cnn2C2CCC2)Cn2ncnc2-c2ccc(F)cc21. The maximum atomic E-state index is 14.2. The molecule has 1 aromatic carbocycles. The zero-order valence-corrected chi connectivity index (χ0v) is 17.6. The summed E-state index contributed by atoms with van der Waals surface area (Å²) in [5.41, 5.74) is 10.4. The maximum absolute atomic E-state index is 14.2. The van der Waals surface area contributed by atoms with E-state index in [2.05, 4.69) is 19.7 Å². The first-order valence-electron chi connectivity index (χ1n) is 10.7. The Morgan fingerprint density at radius 1 is 1.12 bits per heavy atom. The molecule has 6 rings (SSSR count). The number of hydrogen-bond donors (Lipinski definition) is 1. The summed E-state index contributed by atoms with van der Waals surface area (Å²) < 4.78 is 24.3. The van der Waals surface area contributed by atoms with Gasteiger partial charge in [-0.25, -0.2) is 19.0 Å². The standard InChI is InChI=1S/C23H22FN7O/c1-13-19-8-16(24)5-6-18(19)23-27-12-29-30(23)11-15-10-28-31(17-3-2-4-17)21(15)14-7-20(32-13)22(25)26-9-14/h5-10,12-13,17H,2-4,11H2,1H3,(H2,25,26). The zero-order chi connectivity index (χ0) is 21.8. The number of fused-ring (bicyclic) bond motifs is 7. The van der Waals surface area contributed by atoms with Gasteiger partial charge in [0.05, 0.1) is 24.5 Å². The molecule has 0 amide bonds. The second-order valence-electron chi connectivity index (χ2n) is 8.39. The van der Waals surface area contributed by atoms with Gasteiger partial charge >= 0.3 is 0 Å². The maximum Gasteiger partial charge on any atom is 0.166 e. The molecule has 4 aromatic rings. The Bertz CT molecular complexity index is 1320. The molecular formula is C23H22FN7O. The van der Waals surface area contributed by atoms with E-state index in [9.17, 15) is 4.39 Å². The minimum Gasteiger partial charge on any atom is -0.482 e. The Labute approximate surface area is 183 Å². The topological polar surface area (TPSA) is 96.7 Å². The highest BCUT2D eigenvalue weighted by atomic mass is 19.1. The first kappa shape index (κ1) is 19.0. The van der Waals surface area contributed by atoms with E-state index < -0.39 is 6.10 Å². The zero-order valence-electron chi connectivity index (χ0n) is 17.6. The van der Waals surface area contributed by atoms with E-state index in [4.69, 9.17) is 15.6 Å². The van der Waals surface area contributed by atoms with Crippen LogP contribution in [-0.2, 0) is 6.54 Å². The second-order valence-corrected chi connectivity index (χ2v) is 8.39. The molecule has 1 aliphatic carbocycles. The van der Waals surface area contributed by atoms with E-state index in [0.29, 0.717) is 29.7 Å². The number of nitrogens with two attached hydrogens (primary N) is 1. The lowest BCUT2D eigenvalue weighted by molar-refractivity contribution is 0.227. The van der Waals surface area contributed by atoms with Gasteiger partial charge in [-0.05, 0) is 50.5 Å². The van der Waals surface area contributed by atoms with Crippen molar-refractivity contribution in [1.29, 1.82) is 0 Å². The van der Waals surface area contributed by atoms with Gasteiger partial charge in [-0.15, -0.1) is 0 Å². The average Bonchev–Trinajstić information content (AvgIpc) is 3.35. The third-order valence-electron chi connectivity index (χ3n) is 6.38. The molecule has 2 N–H and O–H groups in total. The van der Waals surface area contributed by atoms with Crippen LogP contribution in [0, 0.1) is 5.82 Å². The molecule has 162 valence electrons. The lowest BCUT2D eigenvalue weighted by Gasteiger charge is -2.28. The molecule has 1 aliphatic heterocycles. The van der Waals surface area contributed by atoms with Gasteiger partial charge in [0.1, 0.15) is 18.2 Å². The number of nitrogens with zero attached hydrogens (tertiary/aromatic N) is 6. The van der Waals surface area contributed by atoms with Crippen LogP contribution in [0.4, 0.5) is 10.2 Å². The van der Waals surface area contributed by atoms with Gasteiger partial charge in [0.2, 0.25) is 0 Å². The number of benzene rings is 1. The molecule has 4 heterocycles. The third-order valence-corrected chi connectivity index (χ3v) is 6.38. The quantitative estimate of drug-likeness (QED) is 0.486. The van der Waals surface area contributed by atoms with Crippen LogP contribution in [0.3, 0.4) is 0 Å². The third kappa shape index (κ3) is 2.96. The smallest absolute Gasteiger partial charge is 0.166 e. The largest absolute Gasteiger partial charge is 0.482 e. The van der Waals surface area contributed by atoms with Crippen molar-refractivity contribution < 1.29 is 9.13 Å². The van der Waals surface area contributed by atoms with Crippen LogP contribution < -0.4 is 10.5 Å². The van der Waals surface area contributed by atoms with Crippen molar-refractivity contribution in [3.63, 3.8) is 0 Å². The van der Waals surface area contributed by atoms with E-state index >= 15 is 0 Å². The minimum absolute atomic E-state index is 0.287. The first-order valence-corrected chi connectivity index (χ1v) is 10.7. The summed E-state index contributed by atoms with van der Waals surface area (Å²) in [6.07, 6.45) is 8.07. The Hall–Kier alpha value is -3.75. The molecule has 1 fully saturated rings. The monoisotopic (exact) mass is 431 g/mol. The number of anilines is 1. The molecule has 1 saturated carbocycles. The second kappa shape index (κ2) is 7.15. The molecular weight excluding hydrogens is 409 g/mol. The molecule has 2 bridgehead atoms. The van der Waals surface area contributed by atoms with Crippen molar-refractivity contribution in [3.8, 4) is 28.4 Å². The van der Waals surface area contributed by atoms with Crippen molar-refractivity contribution in [3.05, 3.63) is 59.9 Å². The fourth-order valence-corrected chi connectivity index (χ4v) is 4.50. The van der Waals surface area contributed by atoms with Crippen LogP contribution in [0.1, 0.15) is 49.5 Å². The molecule has 2 aliphatic rings. The number of aromatic nitrogens is 6. The van der Waals surface area contributed by atoms with Crippen molar-refractivity contribution in [2.45, 2.75) is 44.9 Å². The molecule has 3 aromatic heterocycles. The van der Waals surface area contributed by atoms with E-state index in [1.165, 1.54) is 24.9 Å². The molecule has 0 saturated heterocycles. The Morgan fingerprint density at radius 2 is 2.00 bits per heavy atom. The van der Waals surface area contributed by atoms with E-state index in [-0.39, 0.29) is 11.6 Å². The highest BCUT2D eigenvalue weighted by Crippen LogP contribution is 2.40. The fourth-order valence-electron chi connectivity index (χ4n) is 4.50. The Balaban J connectivity index is 1.60. The number of hydrogen-bond acceptors (Lipinski definition) is 6. The van der Waals surface area contributed by atoms with Gasteiger partial charge in [-0.3, -0.25) is 4.68 Å². The first-order chi connectivity index (χ1) is 15.6. The van der Waals surface area contributed by atoms with Crippen molar-refractivity contribution in [2.24, 2.45) is 0 Å². The molecule has 1 atom stereocenters. The Morgan fingerprint density at radius 3 is 2.81 bits per heavy atom. The summed E-state index contributed by atoms with van der Waals surface area (Å²) >= 11 is 0. The fraction of sp³-hybridized carbons (Fsp3) is 0.304. The van der Waals surface area contributed by atoms with Crippen LogP contribution >= 0.6 is 0 Å². The summed E-state index contributed by atoms with van der Waals surface area (Å²) in [5.74, 6) is 1.05. The minimum atomic E-state index is -0.486. The molecule has 9 heteroatoms. The Kier molecular flexibility index (Phi) is 4.24. The molecule has 8 nitrogen and oxygen atoms in total. The predicted molar refractivity (Wildman–Crippen MR) is 116 cm³/mol. The van der Waals surface area contributed by atoms with Crippen molar-refractivity contribution in [1.82, 2.24) is 29.5 Å². The van der Waals surface area contributed by atoms with Crippen LogP contribution in [0.15, 0.2) is 43.0 Å². The van der Waals surface area contributed by atoms with Gasteiger partial charge in [0.25, 0.3) is 0 Å². The average molecular weight is 431 g/mol. The summed E-state index contributed by atoms with van der Waals surface area (Å²) in [4.78, 5) is 8.89. The van der Waals surface area contributed by atoms with Gasteiger partial charge < -0.3 is 10.5 Å². The van der Waals surface area contributed by atoms with Gasteiger partial charge in [-0.1, -0.05) is 0 Å². The van der Waals surface area contributed by atoms with Gasteiger partial charge in [0, 0.05) is 28.5 Å². The summed E-state index contributed by atoms with van der Waals surface area (Å²) in [5, 5.41) is 9.18. The number of nitrogen functional groups attached to an aromatic ring is 1. The summed E-state index contributed by atoms with van der Waals surface area (Å²) in [6.45, 7) is 2.34. The van der Waals surface area contributed by atoms with Gasteiger partial charge in [0.15, 0.2) is 17.4 Å². The van der Waals surface area contributed by atoms with E-state index in [1.807, 2.05) is 23.9 Å². The van der Waals surface area contributed by atoms with E-state index in [1.54, 1.807) is 12.3 Å². The number of ether oxygens (including phenoxy) is 1. The number of pyridine rings is 1. The van der Waals surface area contributed by atoms with Crippen molar-refractivity contribution in [2.75, 3.05) is 5.73 Å². The van der Waals surface area contributed by atoms with Crippen LogP contribution in [0.25, 0.3) is 22.6 Å². The molecule has 32 heavy (non-hydrogen) atoms. The number of halogens is 1. The molecule has 0 radical (unpaired) electrons. The van der Waals surface area contributed by atoms with Gasteiger partial charge in [-0.2, -0.15) is 10.2 Å². The normalized spacial score (nSPS) is 17.8. The molecule has 0 spiro atoms. The highest BCUT2D eigenvalue weighted by molar-refractivity contribution is 5.68. The predicted octanol–water partition coefficient (Wildman–Crippen LogP) is 4.15. The van der Waals surface area contributed by atoms with Crippen LogP contribution in [-0.4, -0.2) is 29.5 Å². The lowest BCUT2D eigenvalue weighted by atomic mass is 9.92. The van der Waals surface area contributed by atoms with Crippen LogP contribution in [0.2, 0.25) is 0 Å². The molecule has 1 unspecified atom stereocenters. The van der Waals surface area contributed by atoms with E-state index in [0.717, 1.165) is 35.2 Å².